The van der Waals surface area contributed by atoms with Crippen LogP contribution >= 0.6 is 0 Å². The van der Waals surface area contributed by atoms with Gasteiger partial charge in [-0.3, -0.25) is 4.79 Å². The number of amides is 1. The van der Waals surface area contributed by atoms with Gasteiger partial charge in [0.15, 0.2) is 0 Å². The highest BCUT2D eigenvalue weighted by Gasteiger charge is 2.24. The molecule has 1 aromatic carbocycles. The van der Waals surface area contributed by atoms with Crippen LogP contribution in [-0.4, -0.2) is 45.8 Å². The minimum absolute atomic E-state index is 0.0209. The van der Waals surface area contributed by atoms with E-state index in [0.29, 0.717) is 13.0 Å². The second-order valence-corrected chi connectivity index (χ2v) is 5.11. The molecule has 0 bridgehead atoms. The third-order valence-corrected chi connectivity index (χ3v) is 3.63. The number of nitrogens with two attached hydrogens (primary N) is 1. The van der Waals surface area contributed by atoms with Gasteiger partial charge in [0.1, 0.15) is 11.5 Å². The topological polar surface area (TPSA) is 76.8 Å². The molecule has 1 heterocycles. The van der Waals surface area contributed by atoms with Gasteiger partial charge in [-0.15, -0.1) is 0 Å². The molecule has 1 aliphatic heterocycles. The van der Waals surface area contributed by atoms with E-state index in [1.54, 1.807) is 14.2 Å². The zero-order valence-electron chi connectivity index (χ0n) is 12.6. The van der Waals surface area contributed by atoms with Gasteiger partial charge in [-0.2, -0.15) is 0 Å². The summed E-state index contributed by atoms with van der Waals surface area (Å²) >= 11 is 0. The van der Waals surface area contributed by atoms with Crippen LogP contribution in [0.15, 0.2) is 18.2 Å². The van der Waals surface area contributed by atoms with E-state index in [1.165, 1.54) is 0 Å². The Morgan fingerprint density at radius 2 is 2.00 bits per heavy atom. The molecule has 1 atom stereocenters. The number of ether oxygens (including phenoxy) is 2. The first-order chi connectivity index (χ1) is 10.2. The molecular weight excluding hydrogens is 270 g/mol. The van der Waals surface area contributed by atoms with E-state index in [2.05, 4.69) is 10.2 Å². The summed E-state index contributed by atoms with van der Waals surface area (Å²) in [5, 5.41) is 3.01. The van der Waals surface area contributed by atoms with Crippen molar-refractivity contribution in [2.75, 3.05) is 38.8 Å². The summed E-state index contributed by atoms with van der Waals surface area (Å²) in [5.74, 6) is 1.55. The van der Waals surface area contributed by atoms with Crippen LogP contribution in [0.2, 0.25) is 0 Å². The number of rotatable bonds is 6. The molecule has 2 rings (SSSR count). The number of carbonyl (C=O) groups is 1. The first-order valence-electron chi connectivity index (χ1n) is 7.13. The predicted octanol–water partition coefficient (Wildman–Crippen LogP) is 0.748. The van der Waals surface area contributed by atoms with Gasteiger partial charge in [-0.25, -0.2) is 0 Å². The summed E-state index contributed by atoms with van der Waals surface area (Å²) in [5.41, 5.74) is 6.43. The van der Waals surface area contributed by atoms with Crippen molar-refractivity contribution in [2.24, 2.45) is 5.73 Å². The number of carbonyl (C=O) groups excluding carboxylic acids is 1. The third-order valence-electron chi connectivity index (χ3n) is 3.63. The fraction of sp³-hybridized carbons (Fsp3) is 0.533. The number of nitrogens with zero attached hydrogens (tertiary/aromatic N) is 1. The van der Waals surface area contributed by atoms with Crippen LogP contribution in [0.25, 0.3) is 0 Å². The first-order valence-corrected chi connectivity index (χ1v) is 7.13. The zero-order chi connectivity index (χ0) is 15.2. The molecule has 0 saturated carbocycles. The molecule has 116 valence electrons. The number of benzene rings is 1. The van der Waals surface area contributed by atoms with Gasteiger partial charge in [-0.05, 0) is 6.42 Å². The molecule has 1 fully saturated rings. The highest BCUT2D eigenvalue weighted by atomic mass is 16.5. The Morgan fingerprint density at radius 3 is 2.57 bits per heavy atom. The molecular formula is C15H23N3O3. The number of methoxy groups -OCH3 is 2. The van der Waals surface area contributed by atoms with Gasteiger partial charge in [0.05, 0.1) is 14.2 Å². The first kappa shape index (κ1) is 15.4. The van der Waals surface area contributed by atoms with Gasteiger partial charge in [0, 0.05) is 56.0 Å². The van der Waals surface area contributed by atoms with Crippen molar-refractivity contribution in [1.82, 2.24) is 5.32 Å². The molecule has 6 heteroatoms. The summed E-state index contributed by atoms with van der Waals surface area (Å²) < 4.78 is 10.6. The molecule has 1 aromatic rings. The molecule has 0 aromatic heterocycles. The summed E-state index contributed by atoms with van der Waals surface area (Å²) in [6.07, 6.45) is 1.30. The number of hydrogen-bond donors (Lipinski definition) is 2. The standard InChI is InChI=1S/C15H23N3O3/c1-20-13-7-12(8-14(9-13)21-2)18-6-4-11(10-18)17-15(19)3-5-16/h7-9,11H,3-6,10,16H2,1-2H3,(H,17,19). The normalized spacial score (nSPS) is 17.7. The molecule has 1 aliphatic rings. The van der Waals surface area contributed by atoms with Crippen LogP contribution in [-0.2, 0) is 4.79 Å². The maximum Gasteiger partial charge on any atom is 0.221 e. The summed E-state index contributed by atoms with van der Waals surface area (Å²) in [4.78, 5) is 13.8. The average molecular weight is 293 g/mol. The fourth-order valence-electron chi connectivity index (χ4n) is 2.52. The molecule has 3 N–H and O–H groups in total. The van der Waals surface area contributed by atoms with Crippen LogP contribution in [0.5, 0.6) is 11.5 Å². The Bertz CT molecular complexity index is 471. The lowest BCUT2D eigenvalue weighted by molar-refractivity contribution is -0.121. The smallest absolute Gasteiger partial charge is 0.221 e. The van der Waals surface area contributed by atoms with Crippen LogP contribution in [0, 0.1) is 0 Å². The summed E-state index contributed by atoms with van der Waals surface area (Å²) in [6.45, 7) is 2.06. The van der Waals surface area contributed by atoms with E-state index >= 15 is 0 Å². The lowest BCUT2D eigenvalue weighted by Crippen LogP contribution is -2.37. The minimum Gasteiger partial charge on any atom is -0.497 e. The van der Waals surface area contributed by atoms with Gasteiger partial charge >= 0.3 is 0 Å². The largest absolute Gasteiger partial charge is 0.497 e. The maximum atomic E-state index is 11.6. The van der Waals surface area contributed by atoms with Gasteiger partial charge in [0.25, 0.3) is 0 Å². The molecule has 21 heavy (non-hydrogen) atoms. The van der Waals surface area contributed by atoms with Crippen LogP contribution in [0.3, 0.4) is 0 Å². The van der Waals surface area contributed by atoms with Crippen molar-refractivity contribution in [3.63, 3.8) is 0 Å². The van der Waals surface area contributed by atoms with Crippen molar-refractivity contribution in [3.8, 4) is 11.5 Å². The van der Waals surface area contributed by atoms with E-state index in [9.17, 15) is 4.79 Å². The Labute approximate surface area is 125 Å². The molecule has 1 saturated heterocycles. The number of anilines is 1. The van der Waals surface area contributed by atoms with Crippen molar-refractivity contribution >= 4 is 11.6 Å². The summed E-state index contributed by atoms with van der Waals surface area (Å²) in [7, 11) is 3.27. The molecule has 1 amide bonds. The van der Waals surface area contributed by atoms with Gasteiger partial charge < -0.3 is 25.4 Å². The zero-order valence-corrected chi connectivity index (χ0v) is 12.6. The number of hydrogen-bond acceptors (Lipinski definition) is 5. The van der Waals surface area contributed by atoms with Crippen molar-refractivity contribution in [3.05, 3.63) is 18.2 Å². The highest BCUT2D eigenvalue weighted by Crippen LogP contribution is 2.30. The molecule has 1 unspecified atom stereocenters. The fourth-order valence-corrected chi connectivity index (χ4v) is 2.52. The third kappa shape index (κ3) is 4.01. The molecule has 0 spiro atoms. The van der Waals surface area contributed by atoms with Crippen molar-refractivity contribution < 1.29 is 14.3 Å². The lowest BCUT2D eigenvalue weighted by atomic mass is 10.2. The molecule has 0 radical (unpaired) electrons. The Hall–Kier alpha value is -1.95. The molecule has 6 nitrogen and oxygen atoms in total. The van der Waals surface area contributed by atoms with Crippen molar-refractivity contribution in [1.29, 1.82) is 0 Å². The quantitative estimate of drug-likeness (QED) is 0.809. The van der Waals surface area contributed by atoms with Crippen LogP contribution in [0.1, 0.15) is 12.8 Å². The Morgan fingerprint density at radius 1 is 1.33 bits per heavy atom. The Balaban J connectivity index is 2.02. The monoisotopic (exact) mass is 293 g/mol. The summed E-state index contributed by atoms with van der Waals surface area (Å²) in [6, 6.07) is 5.97. The van der Waals surface area contributed by atoms with Gasteiger partial charge in [-0.1, -0.05) is 0 Å². The van der Waals surface area contributed by atoms with Crippen LogP contribution < -0.4 is 25.4 Å². The highest BCUT2D eigenvalue weighted by molar-refractivity contribution is 5.76. The lowest BCUT2D eigenvalue weighted by Gasteiger charge is -2.20. The second kappa shape index (κ2) is 7.17. The maximum absolute atomic E-state index is 11.6. The van der Waals surface area contributed by atoms with Crippen LogP contribution in [0.4, 0.5) is 5.69 Å². The van der Waals surface area contributed by atoms with E-state index in [4.69, 9.17) is 15.2 Å². The van der Waals surface area contributed by atoms with E-state index in [1.807, 2.05) is 18.2 Å². The van der Waals surface area contributed by atoms with Crippen molar-refractivity contribution in [2.45, 2.75) is 18.9 Å². The molecule has 0 aliphatic carbocycles. The van der Waals surface area contributed by atoms with E-state index in [0.717, 1.165) is 36.7 Å². The minimum atomic E-state index is 0.0209. The second-order valence-electron chi connectivity index (χ2n) is 5.11. The Kier molecular flexibility index (Phi) is 5.27. The van der Waals surface area contributed by atoms with Gasteiger partial charge in [0.2, 0.25) is 5.91 Å². The SMILES string of the molecule is COc1cc(OC)cc(N2CCC(NC(=O)CCN)C2)c1. The van der Waals surface area contributed by atoms with E-state index in [-0.39, 0.29) is 11.9 Å². The van der Waals surface area contributed by atoms with E-state index < -0.39 is 0 Å². The number of nitrogens with one attached hydrogen (secondary N) is 1. The average Bonchev–Trinajstić information content (AvgIpc) is 2.95. The predicted molar refractivity (Wildman–Crippen MR) is 82.0 cm³/mol.